The van der Waals surface area contributed by atoms with Crippen LogP contribution in [0.2, 0.25) is 0 Å². The summed E-state index contributed by atoms with van der Waals surface area (Å²) in [6, 6.07) is 0. The molecule has 15 heavy (non-hydrogen) atoms. The van der Waals surface area contributed by atoms with Crippen molar-refractivity contribution in [3.05, 3.63) is 11.4 Å². The molecule has 90 valence electrons. The maximum atomic E-state index is 12.3. The van der Waals surface area contributed by atoms with E-state index in [9.17, 15) is 39.5 Å². The third kappa shape index (κ3) is 2.78. The predicted octanol–water partition coefficient (Wildman–Crippen LogP) is 3.99. The second kappa shape index (κ2) is 3.60. The van der Waals surface area contributed by atoms with E-state index in [1.807, 2.05) is 0 Å². The Hall–Kier alpha value is -0.890. The van der Waals surface area contributed by atoms with Crippen LogP contribution in [0.3, 0.4) is 0 Å². The molecule has 0 atom stereocenters. The molecule has 0 spiro atoms. The number of alkyl halides is 8. The average Bonchev–Trinajstić information content (AvgIpc) is 1.97. The highest BCUT2D eigenvalue weighted by Crippen LogP contribution is 2.45. The summed E-state index contributed by atoms with van der Waals surface area (Å²) in [4.78, 5) is 0. The highest BCUT2D eigenvalue weighted by Gasteiger charge is 2.63. The number of rotatable bonds is 1. The molecule has 0 aliphatic heterocycles. The second-order valence-corrected chi connectivity index (χ2v) is 2.51. The van der Waals surface area contributed by atoms with Crippen molar-refractivity contribution in [3.63, 3.8) is 0 Å². The smallest absolute Gasteiger partial charge is 0.204 e. The zero-order chi connectivity index (χ0) is 12.7. The minimum absolute atomic E-state index is 0.199. The van der Waals surface area contributed by atoms with Crippen LogP contribution in [0.4, 0.5) is 39.5 Å². The molecule has 0 aliphatic carbocycles. The van der Waals surface area contributed by atoms with Crippen LogP contribution in [-0.2, 0) is 0 Å². The van der Waals surface area contributed by atoms with Crippen LogP contribution in [0, 0.1) is 0 Å². The van der Waals surface area contributed by atoms with Crippen molar-refractivity contribution in [2.45, 2.75) is 25.2 Å². The Morgan fingerprint density at radius 1 is 0.800 bits per heavy atom. The summed E-state index contributed by atoms with van der Waals surface area (Å²) in [5, 5.41) is 0. The first kappa shape index (κ1) is 14.1. The van der Waals surface area contributed by atoms with Gasteiger partial charge in [-0.15, -0.1) is 0 Å². The molecule has 0 amide bonds. The summed E-state index contributed by atoms with van der Waals surface area (Å²) < 4.78 is 106. The van der Waals surface area contributed by atoms with Gasteiger partial charge in [0, 0.05) is 0 Å². The van der Waals surface area contributed by atoms with E-state index in [2.05, 4.69) is 0 Å². The van der Waals surface area contributed by atoms with Gasteiger partial charge in [0.2, 0.25) is 0 Å². The molecule has 0 unspecified atom stereocenters. The second-order valence-electron chi connectivity index (χ2n) is 2.51. The lowest BCUT2D eigenvalue weighted by Crippen LogP contribution is -2.38. The number of halogens is 9. The molecule has 0 radical (unpaired) electrons. The van der Waals surface area contributed by atoms with Crippen molar-refractivity contribution in [3.8, 4) is 0 Å². The van der Waals surface area contributed by atoms with E-state index in [1.165, 1.54) is 0 Å². The molecule has 0 aromatic rings. The number of hydrogen-bond acceptors (Lipinski definition) is 0. The minimum Gasteiger partial charge on any atom is -0.204 e. The van der Waals surface area contributed by atoms with Crippen molar-refractivity contribution in [1.29, 1.82) is 0 Å². The Kier molecular flexibility index (Phi) is 3.39. The SMILES string of the molecule is CC(=C(F)C(F)(F)C(F)(F)F)C(F)(F)F. The predicted molar refractivity (Wildman–Crippen MR) is 30.9 cm³/mol. The molecule has 0 heterocycles. The first-order valence-electron chi connectivity index (χ1n) is 3.20. The topological polar surface area (TPSA) is 0 Å². The van der Waals surface area contributed by atoms with E-state index in [4.69, 9.17) is 0 Å². The molecule has 0 fully saturated rings. The fourth-order valence-electron chi connectivity index (χ4n) is 0.484. The monoisotopic (exact) mass is 246 g/mol. The zero-order valence-electron chi connectivity index (χ0n) is 6.90. The highest BCUT2D eigenvalue weighted by molar-refractivity contribution is 5.19. The molecule has 0 rings (SSSR count). The molecule has 0 aromatic heterocycles. The molecule has 0 bridgehead atoms. The number of allylic oxidation sites excluding steroid dienone is 2. The molecule has 0 saturated heterocycles. The first-order chi connectivity index (χ1) is 6.32. The lowest BCUT2D eigenvalue weighted by atomic mass is 10.1. The van der Waals surface area contributed by atoms with Crippen LogP contribution < -0.4 is 0 Å². The molecule has 0 saturated carbocycles. The summed E-state index contributed by atoms with van der Waals surface area (Å²) in [6.07, 6.45) is -12.0. The van der Waals surface area contributed by atoms with E-state index in [0.717, 1.165) is 0 Å². The van der Waals surface area contributed by atoms with Gasteiger partial charge in [-0.05, 0) is 6.92 Å². The van der Waals surface area contributed by atoms with E-state index >= 15 is 0 Å². The Morgan fingerprint density at radius 2 is 1.13 bits per heavy atom. The maximum absolute atomic E-state index is 12.3. The van der Waals surface area contributed by atoms with Crippen LogP contribution >= 0.6 is 0 Å². The van der Waals surface area contributed by atoms with Crippen LogP contribution in [0.5, 0.6) is 0 Å². The van der Waals surface area contributed by atoms with E-state index in [0.29, 0.717) is 0 Å². The molecule has 0 aromatic carbocycles. The first-order valence-corrected chi connectivity index (χ1v) is 3.20. The normalized spacial score (nSPS) is 16.4. The quantitative estimate of drug-likeness (QED) is 0.613. The molecule has 9 heteroatoms. The molecule has 0 nitrogen and oxygen atoms in total. The summed E-state index contributed by atoms with van der Waals surface area (Å²) in [5.41, 5.74) is -2.61. The standard InChI is InChI=1S/C6H3F9/c1-2(5(10,11)12)3(7)4(8,9)6(13,14)15/h1H3. The summed E-state index contributed by atoms with van der Waals surface area (Å²) in [6.45, 7) is -0.199. The van der Waals surface area contributed by atoms with Crippen molar-refractivity contribution in [2.75, 3.05) is 0 Å². The van der Waals surface area contributed by atoms with Crippen LogP contribution in [0.15, 0.2) is 11.4 Å². The van der Waals surface area contributed by atoms with E-state index < -0.39 is 29.7 Å². The van der Waals surface area contributed by atoms with E-state index in [1.54, 1.807) is 0 Å². The van der Waals surface area contributed by atoms with Gasteiger partial charge in [-0.25, -0.2) is 4.39 Å². The minimum atomic E-state index is -6.40. The molecular formula is C6H3F9. The van der Waals surface area contributed by atoms with Crippen LogP contribution in [-0.4, -0.2) is 18.3 Å². The van der Waals surface area contributed by atoms with Gasteiger partial charge in [-0.1, -0.05) is 0 Å². The fourth-order valence-corrected chi connectivity index (χ4v) is 0.484. The lowest BCUT2D eigenvalue weighted by Gasteiger charge is -2.20. The van der Waals surface area contributed by atoms with E-state index in [-0.39, 0.29) is 6.92 Å². The molecular weight excluding hydrogens is 243 g/mol. The van der Waals surface area contributed by atoms with Gasteiger partial charge < -0.3 is 0 Å². The van der Waals surface area contributed by atoms with Gasteiger partial charge in [0.05, 0.1) is 5.57 Å². The van der Waals surface area contributed by atoms with Crippen LogP contribution in [0.1, 0.15) is 6.92 Å². The third-order valence-corrected chi connectivity index (χ3v) is 1.39. The Labute approximate surface area is 77.4 Å². The fraction of sp³-hybridized carbons (Fsp3) is 0.667. The molecule has 0 aliphatic rings. The van der Waals surface area contributed by atoms with Crippen LogP contribution in [0.25, 0.3) is 0 Å². The maximum Gasteiger partial charge on any atom is 0.460 e. The lowest BCUT2D eigenvalue weighted by molar-refractivity contribution is -0.272. The Bertz CT molecular complexity index is 265. The van der Waals surface area contributed by atoms with Gasteiger partial charge >= 0.3 is 18.3 Å². The van der Waals surface area contributed by atoms with Gasteiger partial charge in [-0.2, -0.15) is 35.1 Å². The summed E-state index contributed by atoms with van der Waals surface area (Å²) in [5.74, 6) is -9.67. The highest BCUT2D eigenvalue weighted by atomic mass is 19.4. The van der Waals surface area contributed by atoms with Crippen molar-refractivity contribution < 1.29 is 39.5 Å². The summed E-state index contributed by atoms with van der Waals surface area (Å²) in [7, 11) is 0. The average molecular weight is 246 g/mol. The zero-order valence-corrected chi connectivity index (χ0v) is 6.90. The van der Waals surface area contributed by atoms with Gasteiger partial charge in [0.25, 0.3) is 0 Å². The van der Waals surface area contributed by atoms with Gasteiger partial charge in [0.15, 0.2) is 5.83 Å². The van der Waals surface area contributed by atoms with Gasteiger partial charge in [0.1, 0.15) is 0 Å². The number of hydrogen-bond donors (Lipinski definition) is 0. The Balaban J connectivity index is 5.44. The Morgan fingerprint density at radius 3 is 1.33 bits per heavy atom. The largest absolute Gasteiger partial charge is 0.460 e. The van der Waals surface area contributed by atoms with Crippen molar-refractivity contribution in [2.24, 2.45) is 0 Å². The van der Waals surface area contributed by atoms with Crippen molar-refractivity contribution in [1.82, 2.24) is 0 Å². The van der Waals surface area contributed by atoms with Crippen molar-refractivity contribution >= 4 is 0 Å². The summed E-state index contributed by atoms with van der Waals surface area (Å²) >= 11 is 0. The third-order valence-electron chi connectivity index (χ3n) is 1.39. The molecule has 0 N–H and O–H groups in total. The van der Waals surface area contributed by atoms with Gasteiger partial charge in [-0.3, -0.25) is 0 Å².